The molecule has 30 heavy (non-hydrogen) atoms. The number of alkyl halides is 3. The number of aromatic nitrogens is 4. The molecule has 0 aliphatic carbocycles. The highest BCUT2D eigenvalue weighted by Crippen LogP contribution is 2.31. The third-order valence-corrected chi connectivity index (χ3v) is 4.96. The summed E-state index contributed by atoms with van der Waals surface area (Å²) < 4.78 is 39.4. The van der Waals surface area contributed by atoms with Crippen molar-refractivity contribution in [2.24, 2.45) is 0 Å². The smallest absolute Gasteiger partial charge is 0.339 e. The lowest BCUT2D eigenvalue weighted by Crippen LogP contribution is -2.43. The molecular weight excluding hydrogens is 421 g/mol. The molecule has 7 nitrogen and oxygen atoms in total. The molecule has 0 spiro atoms. The quantitative estimate of drug-likeness (QED) is 0.718. The molecule has 0 saturated carbocycles. The largest absolute Gasteiger partial charge is 0.416 e. The van der Waals surface area contributed by atoms with Crippen LogP contribution in [0.5, 0.6) is 0 Å². The number of rotatable bonds is 5. The lowest BCUT2D eigenvalue weighted by Gasteiger charge is -2.31. The number of piperidine rings is 1. The van der Waals surface area contributed by atoms with Crippen molar-refractivity contribution in [2.45, 2.75) is 38.5 Å². The Bertz CT molecular complexity index is 891. The number of nitrogens with one attached hydrogen (secondary N) is 1. The minimum Gasteiger partial charge on any atom is -0.339 e. The van der Waals surface area contributed by atoms with Crippen molar-refractivity contribution in [3.05, 3.63) is 46.8 Å². The molecule has 2 heterocycles. The SMILES string of the molecule is CNC1CCN(C(=O)/C=C/c2ccc(C(F)(F)F)cc2Cn2nnc(C)n2)CC1.Cl. The summed E-state index contributed by atoms with van der Waals surface area (Å²) in [7, 11) is 1.90. The zero-order valence-corrected chi connectivity index (χ0v) is 17.5. The number of hydrogen-bond acceptors (Lipinski definition) is 5. The van der Waals surface area contributed by atoms with Crippen LogP contribution in [0.1, 0.15) is 35.4 Å². The molecule has 11 heteroatoms. The molecule has 1 fully saturated rings. The Hall–Kier alpha value is -2.46. The fourth-order valence-corrected chi connectivity index (χ4v) is 3.28. The molecule has 1 saturated heterocycles. The van der Waals surface area contributed by atoms with Gasteiger partial charge < -0.3 is 10.2 Å². The molecule has 1 amide bonds. The Morgan fingerprint density at radius 1 is 1.30 bits per heavy atom. The summed E-state index contributed by atoms with van der Waals surface area (Å²) in [4.78, 5) is 15.4. The van der Waals surface area contributed by atoms with Crippen molar-refractivity contribution in [1.82, 2.24) is 30.4 Å². The van der Waals surface area contributed by atoms with Gasteiger partial charge in [-0.05, 0) is 61.4 Å². The van der Waals surface area contributed by atoms with Crippen LogP contribution in [-0.4, -0.2) is 57.2 Å². The zero-order chi connectivity index (χ0) is 21.0. The molecule has 1 aromatic carbocycles. The number of carbonyl (C=O) groups excluding carboxylic acids is 1. The number of benzene rings is 1. The van der Waals surface area contributed by atoms with Crippen LogP contribution in [0.3, 0.4) is 0 Å². The maximum absolute atomic E-state index is 13.1. The van der Waals surface area contributed by atoms with Crippen molar-refractivity contribution in [3.63, 3.8) is 0 Å². The third kappa shape index (κ3) is 6.02. The second-order valence-corrected chi connectivity index (χ2v) is 7.00. The minimum atomic E-state index is -4.46. The number of carbonyl (C=O) groups is 1. The maximum Gasteiger partial charge on any atom is 0.416 e. The van der Waals surface area contributed by atoms with Gasteiger partial charge in [-0.25, -0.2) is 0 Å². The molecule has 1 aliphatic rings. The molecule has 1 aliphatic heterocycles. The summed E-state index contributed by atoms with van der Waals surface area (Å²) in [5, 5.41) is 14.8. The lowest BCUT2D eigenvalue weighted by atomic mass is 10.0. The number of amides is 1. The van der Waals surface area contributed by atoms with E-state index in [1.807, 2.05) is 7.05 Å². The second kappa shape index (κ2) is 10.0. The van der Waals surface area contributed by atoms with Gasteiger partial charge in [-0.3, -0.25) is 4.79 Å². The zero-order valence-electron chi connectivity index (χ0n) is 16.7. The summed E-state index contributed by atoms with van der Waals surface area (Å²) in [5.41, 5.74) is 0.100. The van der Waals surface area contributed by atoms with E-state index in [9.17, 15) is 18.0 Å². The highest BCUT2D eigenvalue weighted by molar-refractivity contribution is 5.92. The van der Waals surface area contributed by atoms with E-state index >= 15 is 0 Å². The van der Waals surface area contributed by atoms with Gasteiger partial charge in [0.1, 0.15) is 0 Å². The standard InChI is InChI=1S/C19H23F3N6O.ClH/c1-13-24-26-28(25-13)12-15-11-16(19(20,21)22)5-3-14(15)4-6-18(29)27-9-7-17(23-2)8-10-27;/h3-6,11,17,23H,7-10,12H2,1-2H3;1H/b6-4+;. The third-order valence-electron chi connectivity index (χ3n) is 4.96. The van der Waals surface area contributed by atoms with Gasteiger partial charge in [0.05, 0.1) is 12.1 Å². The van der Waals surface area contributed by atoms with E-state index < -0.39 is 11.7 Å². The fraction of sp³-hybridized carbons (Fsp3) is 0.474. The van der Waals surface area contributed by atoms with Crippen LogP contribution in [-0.2, 0) is 17.5 Å². The molecule has 1 aromatic heterocycles. The van der Waals surface area contributed by atoms with E-state index in [-0.39, 0.29) is 24.9 Å². The minimum absolute atomic E-state index is 0. The van der Waals surface area contributed by atoms with Crippen molar-refractivity contribution < 1.29 is 18.0 Å². The molecule has 0 unspecified atom stereocenters. The van der Waals surface area contributed by atoms with Crippen molar-refractivity contribution in [1.29, 1.82) is 0 Å². The van der Waals surface area contributed by atoms with E-state index in [2.05, 4.69) is 20.7 Å². The molecule has 164 valence electrons. The van der Waals surface area contributed by atoms with E-state index in [4.69, 9.17) is 0 Å². The number of likely N-dealkylation sites (tertiary alicyclic amines) is 1. The normalized spacial score (nSPS) is 15.4. The first-order valence-corrected chi connectivity index (χ1v) is 9.35. The Kier molecular flexibility index (Phi) is 7.96. The van der Waals surface area contributed by atoms with Gasteiger partial charge in [0, 0.05) is 25.2 Å². The van der Waals surface area contributed by atoms with Crippen LogP contribution in [0.15, 0.2) is 24.3 Å². The van der Waals surface area contributed by atoms with E-state index in [1.165, 1.54) is 16.9 Å². The molecule has 0 radical (unpaired) electrons. The fourth-order valence-electron chi connectivity index (χ4n) is 3.28. The molecule has 1 N–H and O–H groups in total. The number of hydrogen-bond donors (Lipinski definition) is 1. The first-order chi connectivity index (χ1) is 13.8. The van der Waals surface area contributed by atoms with Crippen LogP contribution in [0, 0.1) is 6.92 Å². The van der Waals surface area contributed by atoms with Gasteiger partial charge in [-0.15, -0.1) is 22.6 Å². The first-order valence-electron chi connectivity index (χ1n) is 9.35. The average molecular weight is 445 g/mol. The average Bonchev–Trinajstić information content (AvgIpc) is 3.10. The van der Waals surface area contributed by atoms with Gasteiger partial charge in [-0.1, -0.05) is 6.07 Å². The number of aryl methyl sites for hydroxylation is 1. The number of tetrazole rings is 1. The molecule has 3 rings (SSSR count). The Morgan fingerprint density at radius 2 is 2.00 bits per heavy atom. The molecule has 0 bridgehead atoms. The Balaban J connectivity index is 0.00000320. The van der Waals surface area contributed by atoms with Crippen molar-refractivity contribution in [3.8, 4) is 0 Å². The highest BCUT2D eigenvalue weighted by Gasteiger charge is 2.31. The Labute approximate surface area is 178 Å². The van der Waals surface area contributed by atoms with E-state index in [1.54, 1.807) is 17.9 Å². The van der Waals surface area contributed by atoms with Gasteiger partial charge in [0.25, 0.3) is 0 Å². The summed E-state index contributed by atoms with van der Waals surface area (Å²) in [6.07, 6.45) is 0.242. The first kappa shape index (κ1) is 23.8. The predicted molar refractivity (Wildman–Crippen MR) is 108 cm³/mol. The van der Waals surface area contributed by atoms with Crippen LogP contribution < -0.4 is 5.32 Å². The number of nitrogens with zero attached hydrogens (tertiary/aromatic N) is 5. The lowest BCUT2D eigenvalue weighted by molar-refractivity contribution is -0.137. The molecule has 0 atom stereocenters. The van der Waals surface area contributed by atoms with Crippen molar-refractivity contribution >= 4 is 24.4 Å². The summed E-state index contributed by atoms with van der Waals surface area (Å²) in [6, 6.07) is 3.83. The van der Waals surface area contributed by atoms with E-state index in [0.717, 1.165) is 25.0 Å². The van der Waals surface area contributed by atoms with Gasteiger partial charge in [0.2, 0.25) is 5.91 Å². The van der Waals surface area contributed by atoms with Gasteiger partial charge in [0.15, 0.2) is 5.82 Å². The van der Waals surface area contributed by atoms with E-state index in [0.29, 0.717) is 36.1 Å². The summed E-state index contributed by atoms with van der Waals surface area (Å²) in [5.74, 6) is 0.273. The summed E-state index contributed by atoms with van der Waals surface area (Å²) >= 11 is 0. The summed E-state index contributed by atoms with van der Waals surface area (Å²) in [6.45, 7) is 2.96. The molecule has 2 aromatic rings. The van der Waals surface area contributed by atoms with Crippen LogP contribution in [0.4, 0.5) is 13.2 Å². The highest BCUT2D eigenvalue weighted by atomic mass is 35.5. The topological polar surface area (TPSA) is 75.9 Å². The Morgan fingerprint density at radius 3 is 2.57 bits per heavy atom. The molecular formula is C19H24ClF3N6O. The maximum atomic E-state index is 13.1. The van der Waals surface area contributed by atoms with Gasteiger partial charge in [-0.2, -0.15) is 18.0 Å². The van der Waals surface area contributed by atoms with Crippen LogP contribution in [0.2, 0.25) is 0 Å². The monoisotopic (exact) mass is 444 g/mol. The van der Waals surface area contributed by atoms with Crippen LogP contribution in [0.25, 0.3) is 6.08 Å². The van der Waals surface area contributed by atoms with Crippen LogP contribution >= 0.6 is 12.4 Å². The second-order valence-electron chi connectivity index (χ2n) is 7.00. The predicted octanol–water partition coefficient (Wildman–Crippen LogP) is 2.69. The van der Waals surface area contributed by atoms with Crippen molar-refractivity contribution in [2.75, 3.05) is 20.1 Å². The number of halogens is 4. The van der Waals surface area contributed by atoms with Gasteiger partial charge >= 0.3 is 6.18 Å².